The van der Waals surface area contributed by atoms with Crippen LogP contribution in [0.4, 0.5) is 4.39 Å². The quantitative estimate of drug-likeness (QED) is 0.848. The molecule has 1 aromatic carbocycles. The normalized spacial score (nSPS) is 19.0. The van der Waals surface area contributed by atoms with Crippen LogP contribution in [0.15, 0.2) is 30.5 Å². The molecule has 1 fully saturated rings. The Morgan fingerprint density at radius 3 is 3.00 bits per heavy atom. The highest BCUT2D eigenvalue weighted by molar-refractivity contribution is 5.22. The third kappa shape index (κ3) is 4.10. The first-order valence-corrected chi connectivity index (χ1v) is 8.20. The third-order valence-electron chi connectivity index (χ3n) is 4.62. The Morgan fingerprint density at radius 2 is 2.26 bits per heavy atom. The maximum absolute atomic E-state index is 13.2. The fourth-order valence-corrected chi connectivity index (χ4v) is 3.14. The van der Waals surface area contributed by atoms with Crippen molar-refractivity contribution < 1.29 is 9.13 Å². The van der Waals surface area contributed by atoms with Crippen molar-refractivity contribution in [2.24, 2.45) is 13.0 Å². The summed E-state index contributed by atoms with van der Waals surface area (Å²) in [6.07, 6.45) is 4.30. The molecule has 1 aromatic heterocycles. The Morgan fingerprint density at radius 1 is 1.39 bits per heavy atom. The number of nitrogens with zero attached hydrogens (tertiary/aromatic N) is 3. The van der Waals surface area contributed by atoms with Gasteiger partial charge in [0, 0.05) is 43.4 Å². The summed E-state index contributed by atoms with van der Waals surface area (Å²) in [5.74, 6) is 0.856. The molecular weight excluding hydrogens is 293 g/mol. The highest BCUT2D eigenvalue weighted by atomic mass is 19.1. The summed E-state index contributed by atoms with van der Waals surface area (Å²) in [7, 11) is 1.98. The number of benzene rings is 1. The van der Waals surface area contributed by atoms with Gasteiger partial charge in [-0.05, 0) is 38.4 Å². The highest BCUT2D eigenvalue weighted by Gasteiger charge is 2.21. The predicted molar refractivity (Wildman–Crippen MR) is 87.8 cm³/mol. The average molecular weight is 317 g/mol. The topological polar surface area (TPSA) is 30.3 Å². The van der Waals surface area contributed by atoms with E-state index in [-0.39, 0.29) is 5.82 Å². The van der Waals surface area contributed by atoms with E-state index in [1.165, 1.54) is 29.8 Å². The number of halogens is 1. The van der Waals surface area contributed by atoms with Crippen LogP contribution in [0.3, 0.4) is 0 Å². The van der Waals surface area contributed by atoms with E-state index < -0.39 is 0 Å². The van der Waals surface area contributed by atoms with Crippen molar-refractivity contribution in [1.82, 2.24) is 14.7 Å². The number of ether oxygens (including phenoxy) is 1. The van der Waals surface area contributed by atoms with E-state index in [1.807, 2.05) is 24.0 Å². The van der Waals surface area contributed by atoms with Crippen LogP contribution in [0.5, 0.6) is 5.75 Å². The Labute approximate surface area is 136 Å². The lowest BCUT2D eigenvalue weighted by atomic mass is 9.98. The molecule has 1 atom stereocenters. The summed E-state index contributed by atoms with van der Waals surface area (Å²) in [4.78, 5) is 2.47. The van der Waals surface area contributed by atoms with Crippen LogP contribution in [0.2, 0.25) is 0 Å². The molecule has 0 N–H and O–H groups in total. The second-order valence-corrected chi connectivity index (χ2v) is 6.39. The molecule has 124 valence electrons. The van der Waals surface area contributed by atoms with E-state index in [9.17, 15) is 4.39 Å². The fourth-order valence-electron chi connectivity index (χ4n) is 3.14. The van der Waals surface area contributed by atoms with Crippen LogP contribution in [0, 0.1) is 18.7 Å². The zero-order valence-electron chi connectivity index (χ0n) is 13.8. The lowest BCUT2D eigenvalue weighted by molar-refractivity contribution is 0.125. The highest BCUT2D eigenvalue weighted by Crippen LogP contribution is 2.21. The van der Waals surface area contributed by atoms with Gasteiger partial charge < -0.3 is 4.74 Å². The van der Waals surface area contributed by atoms with Crippen LogP contribution >= 0.6 is 0 Å². The van der Waals surface area contributed by atoms with Gasteiger partial charge in [0.15, 0.2) is 0 Å². The smallest absolute Gasteiger partial charge is 0.126 e. The SMILES string of the molecule is Cc1c(CN2CCC[C@H](COc3cccc(F)c3)C2)cnn1C. The minimum atomic E-state index is -0.250. The van der Waals surface area contributed by atoms with Crippen molar-refractivity contribution in [2.45, 2.75) is 26.3 Å². The van der Waals surface area contributed by atoms with E-state index in [2.05, 4.69) is 16.9 Å². The second kappa shape index (κ2) is 7.13. The van der Waals surface area contributed by atoms with E-state index in [0.717, 1.165) is 26.1 Å². The minimum Gasteiger partial charge on any atom is -0.493 e. The van der Waals surface area contributed by atoms with Crippen molar-refractivity contribution >= 4 is 0 Å². The molecule has 2 heterocycles. The van der Waals surface area contributed by atoms with Crippen LogP contribution in [-0.2, 0) is 13.6 Å². The first kappa shape index (κ1) is 16.0. The molecule has 2 aromatic rings. The Hall–Kier alpha value is -1.88. The van der Waals surface area contributed by atoms with Crippen molar-refractivity contribution in [1.29, 1.82) is 0 Å². The number of aryl methyl sites for hydroxylation is 1. The van der Waals surface area contributed by atoms with Gasteiger partial charge in [-0.15, -0.1) is 0 Å². The summed E-state index contributed by atoms with van der Waals surface area (Å²) >= 11 is 0. The summed E-state index contributed by atoms with van der Waals surface area (Å²) in [6, 6.07) is 6.37. The van der Waals surface area contributed by atoms with Gasteiger partial charge in [-0.25, -0.2) is 4.39 Å². The number of aromatic nitrogens is 2. The molecule has 0 unspecified atom stereocenters. The lowest BCUT2D eigenvalue weighted by Gasteiger charge is -2.32. The summed E-state index contributed by atoms with van der Waals surface area (Å²) in [6.45, 7) is 5.83. The van der Waals surface area contributed by atoms with Gasteiger partial charge in [0.05, 0.1) is 12.8 Å². The first-order chi connectivity index (χ1) is 11.1. The van der Waals surface area contributed by atoms with Crippen LogP contribution < -0.4 is 4.74 Å². The van der Waals surface area contributed by atoms with Crippen molar-refractivity contribution in [3.8, 4) is 5.75 Å². The maximum Gasteiger partial charge on any atom is 0.126 e. The molecule has 1 aliphatic rings. The van der Waals surface area contributed by atoms with Crippen LogP contribution in [0.1, 0.15) is 24.1 Å². The fraction of sp³-hybridized carbons (Fsp3) is 0.500. The molecule has 1 aliphatic heterocycles. The van der Waals surface area contributed by atoms with Crippen molar-refractivity contribution in [3.05, 3.63) is 47.5 Å². The average Bonchev–Trinajstić information content (AvgIpc) is 2.86. The Bertz CT molecular complexity index is 655. The van der Waals surface area contributed by atoms with Crippen LogP contribution in [-0.4, -0.2) is 34.4 Å². The molecule has 0 aliphatic carbocycles. The molecule has 5 heteroatoms. The number of hydrogen-bond donors (Lipinski definition) is 0. The number of rotatable bonds is 5. The maximum atomic E-state index is 13.2. The van der Waals surface area contributed by atoms with Gasteiger partial charge >= 0.3 is 0 Å². The summed E-state index contributed by atoms with van der Waals surface area (Å²) in [5.41, 5.74) is 2.52. The van der Waals surface area contributed by atoms with Gasteiger partial charge in [0.2, 0.25) is 0 Å². The number of hydrogen-bond acceptors (Lipinski definition) is 3. The minimum absolute atomic E-state index is 0.250. The Balaban J connectivity index is 1.53. The van der Waals surface area contributed by atoms with Crippen molar-refractivity contribution in [3.63, 3.8) is 0 Å². The van der Waals surface area contributed by atoms with Gasteiger partial charge in [-0.3, -0.25) is 9.58 Å². The Kier molecular flexibility index (Phi) is 4.96. The largest absolute Gasteiger partial charge is 0.493 e. The molecule has 0 radical (unpaired) electrons. The molecule has 23 heavy (non-hydrogen) atoms. The van der Waals surface area contributed by atoms with E-state index in [0.29, 0.717) is 18.3 Å². The lowest BCUT2D eigenvalue weighted by Crippen LogP contribution is -2.37. The van der Waals surface area contributed by atoms with E-state index >= 15 is 0 Å². The monoisotopic (exact) mass is 317 g/mol. The van der Waals surface area contributed by atoms with Gasteiger partial charge in [-0.2, -0.15) is 5.10 Å². The number of likely N-dealkylation sites (tertiary alicyclic amines) is 1. The molecule has 3 rings (SSSR count). The summed E-state index contributed by atoms with van der Waals surface area (Å²) in [5, 5.41) is 4.31. The van der Waals surface area contributed by atoms with Crippen LogP contribution in [0.25, 0.3) is 0 Å². The van der Waals surface area contributed by atoms with Gasteiger partial charge in [0.1, 0.15) is 11.6 Å². The molecule has 0 bridgehead atoms. The molecule has 0 amide bonds. The third-order valence-corrected chi connectivity index (χ3v) is 4.62. The summed E-state index contributed by atoms with van der Waals surface area (Å²) < 4.78 is 20.9. The number of piperidine rings is 1. The van der Waals surface area contributed by atoms with E-state index in [4.69, 9.17) is 4.74 Å². The first-order valence-electron chi connectivity index (χ1n) is 8.20. The molecule has 0 saturated carbocycles. The molecule has 1 saturated heterocycles. The van der Waals surface area contributed by atoms with E-state index in [1.54, 1.807) is 6.07 Å². The standard InChI is InChI=1S/C18H24FN3O/c1-14-16(10-20-21(14)2)12-22-8-4-5-15(11-22)13-23-18-7-3-6-17(19)9-18/h3,6-7,9-10,15H,4-5,8,11-13H2,1-2H3/t15-/m0/s1. The zero-order chi connectivity index (χ0) is 16.2. The second-order valence-electron chi connectivity index (χ2n) is 6.39. The zero-order valence-corrected chi connectivity index (χ0v) is 13.8. The van der Waals surface area contributed by atoms with Gasteiger partial charge in [-0.1, -0.05) is 6.07 Å². The molecule has 0 spiro atoms. The van der Waals surface area contributed by atoms with Gasteiger partial charge in [0.25, 0.3) is 0 Å². The van der Waals surface area contributed by atoms with Crippen molar-refractivity contribution in [2.75, 3.05) is 19.7 Å². The predicted octanol–water partition coefficient (Wildman–Crippen LogP) is 3.16. The molecular formula is C18H24FN3O. The molecule has 4 nitrogen and oxygen atoms in total.